The summed E-state index contributed by atoms with van der Waals surface area (Å²) in [5.41, 5.74) is 10.2. The fourth-order valence-electron chi connectivity index (χ4n) is 2.83. The standard InChI is InChI=1S/C16H26N2O/c1-12-4-5-15(8-13(12)2)16(17)10-18-7-6-14(9-18)11-19-3/h4-5,8,14,16H,6-7,9-11,17H2,1-3H3. The quantitative estimate of drug-likeness (QED) is 0.884. The van der Waals surface area contributed by atoms with Crippen LogP contribution >= 0.6 is 0 Å². The molecular formula is C16H26N2O. The molecule has 2 unspecified atom stereocenters. The highest BCUT2D eigenvalue weighted by atomic mass is 16.5. The molecule has 0 aliphatic carbocycles. The van der Waals surface area contributed by atoms with E-state index in [2.05, 4.69) is 36.9 Å². The second-order valence-corrected chi connectivity index (χ2v) is 5.82. The Labute approximate surface area is 116 Å². The zero-order valence-electron chi connectivity index (χ0n) is 12.4. The number of benzene rings is 1. The number of methoxy groups -OCH3 is 1. The van der Waals surface area contributed by atoms with Gasteiger partial charge >= 0.3 is 0 Å². The van der Waals surface area contributed by atoms with Crippen molar-refractivity contribution in [2.45, 2.75) is 26.3 Å². The Bertz CT molecular complexity index is 419. The summed E-state index contributed by atoms with van der Waals surface area (Å²) < 4.78 is 5.23. The Hall–Kier alpha value is -0.900. The highest BCUT2D eigenvalue weighted by Gasteiger charge is 2.23. The van der Waals surface area contributed by atoms with Gasteiger partial charge in [-0.25, -0.2) is 0 Å². The van der Waals surface area contributed by atoms with Crippen LogP contribution in [0.15, 0.2) is 18.2 Å². The average molecular weight is 262 g/mol. The van der Waals surface area contributed by atoms with E-state index in [1.165, 1.54) is 23.1 Å². The van der Waals surface area contributed by atoms with E-state index in [0.29, 0.717) is 5.92 Å². The van der Waals surface area contributed by atoms with Crippen LogP contribution in [0.25, 0.3) is 0 Å². The fraction of sp³-hybridized carbons (Fsp3) is 0.625. The Morgan fingerprint density at radius 1 is 1.37 bits per heavy atom. The van der Waals surface area contributed by atoms with Gasteiger partial charge in [0.25, 0.3) is 0 Å². The van der Waals surface area contributed by atoms with Gasteiger partial charge in [0.2, 0.25) is 0 Å². The van der Waals surface area contributed by atoms with Crippen molar-refractivity contribution < 1.29 is 4.74 Å². The number of nitrogens with zero attached hydrogens (tertiary/aromatic N) is 1. The molecule has 0 amide bonds. The highest BCUT2D eigenvalue weighted by Crippen LogP contribution is 2.21. The average Bonchev–Trinajstić information content (AvgIpc) is 2.80. The molecule has 0 spiro atoms. The predicted octanol–water partition coefficient (Wildman–Crippen LogP) is 2.27. The second kappa shape index (κ2) is 6.51. The highest BCUT2D eigenvalue weighted by molar-refractivity contribution is 5.31. The van der Waals surface area contributed by atoms with Crippen molar-refractivity contribution in [3.05, 3.63) is 34.9 Å². The van der Waals surface area contributed by atoms with E-state index in [1.807, 2.05) is 0 Å². The molecule has 1 heterocycles. The second-order valence-electron chi connectivity index (χ2n) is 5.82. The van der Waals surface area contributed by atoms with Crippen LogP contribution in [-0.4, -0.2) is 38.3 Å². The summed E-state index contributed by atoms with van der Waals surface area (Å²) in [6, 6.07) is 6.67. The van der Waals surface area contributed by atoms with Crippen LogP contribution in [0.4, 0.5) is 0 Å². The van der Waals surface area contributed by atoms with Crippen molar-refractivity contribution in [1.82, 2.24) is 4.90 Å². The van der Waals surface area contributed by atoms with Crippen molar-refractivity contribution >= 4 is 0 Å². The van der Waals surface area contributed by atoms with E-state index < -0.39 is 0 Å². The summed E-state index contributed by atoms with van der Waals surface area (Å²) in [4.78, 5) is 2.46. The van der Waals surface area contributed by atoms with Crippen LogP contribution in [0.2, 0.25) is 0 Å². The van der Waals surface area contributed by atoms with Gasteiger partial charge in [0.05, 0.1) is 6.61 Å². The van der Waals surface area contributed by atoms with E-state index >= 15 is 0 Å². The normalized spacial score (nSPS) is 21.8. The molecule has 0 aromatic heterocycles. The Morgan fingerprint density at radius 2 is 2.16 bits per heavy atom. The molecule has 1 aromatic rings. The lowest BCUT2D eigenvalue weighted by Gasteiger charge is -2.21. The molecule has 1 aliphatic rings. The van der Waals surface area contributed by atoms with E-state index in [9.17, 15) is 0 Å². The minimum Gasteiger partial charge on any atom is -0.384 e. The van der Waals surface area contributed by atoms with Gasteiger partial charge in [-0.05, 0) is 49.4 Å². The van der Waals surface area contributed by atoms with Crippen LogP contribution in [-0.2, 0) is 4.74 Å². The zero-order valence-corrected chi connectivity index (χ0v) is 12.4. The van der Waals surface area contributed by atoms with Crippen LogP contribution < -0.4 is 5.73 Å². The van der Waals surface area contributed by atoms with E-state index in [0.717, 1.165) is 26.2 Å². The molecule has 106 valence electrons. The SMILES string of the molecule is COCC1CCN(CC(N)c2ccc(C)c(C)c2)C1. The number of ether oxygens (including phenoxy) is 1. The number of hydrogen-bond acceptors (Lipinski definition) is 3. The minimum absolute atomic E-state index is 0.112. The van der Waals surface area contributed by atoms with Gasteiger partial charge in [-0.3, -0.25) is 0 Å². The molecule has 1 aromatic carbocycles. The summed E-state index contributed by atoms with van der Waals surface area (Å²) in [5.74, 6) is 0.678. The Kier molecular flexibility index (Phi) is 4.97. The van der Waals surface area contributed by atoms with Gasteiger partial charge in [-0.2, -0.15) is 0 Å². The summed E-state index contributed by atoms with van der Waals surface area (Å²) in [6.45, 7) is 8.37. The molecule has 2 N–H and O–H groups in total. The first-order chi connectivity index (χ1) is 9.10. The number of rotatable bonds is 5. The lowest BCUT2D eigenvalue weighted by Crippen LogP contribution is -2.31. The third kappa shape index (κ3) is 3.78. The molecule has 1 saturated heterocycles. The Balaban J connectivity index is 1.90. The topological polar surface area (TPSA) is 38.5 Å². The first-order valence-electron chi connectivity index (χ1n) is 7.14. The van der Waals surface area contributed by atoms with Gasteiger partial charge in [0, 0.05) is 26.2 Å². The monoisotopic (exact) mass is 262 g/mol. The van der Waals surface area contributed by atoms with Gasteiger partial charge < -0.3 is 15.4 Å². The van der Waals surface area contributed by atoms with Crippen molar-refractivity contribution in [1.29, 1.82) is 0 Å². The molecule has 0 radical (unpaired) electrons. The molecule has 1 aliphatic heterocycles. The van der Waals surface area contributed by atoms with Crippen molar-refractivity contribution in [3.8, 4) is 0 Å². The molecule has 19 heavy (non-hydrogen) atoms. The summed E-state index contributed by atoms with van der Waals surface area (Å²) in [5, 5.41) is 0. The third-order valence-corrected chi connectivity index (χ3v) is 4.19. The van der Waals surface area contributed by atoms with E-state index in [1.54, 1.807) is 7.11 Å². The summed E-state index contributed by atoms with van der Waals surface area (Å²) >= 11 is 0. The van der Waals surface area contributed by atoms with Crippen LogP contribution in [0.3, 0.4) is 0 Å². The molecule has 2 rings (SSSR count). The van der Waals surface area contributed by atoms with Gasteiger partial charge in [-0.1, -0.05) is 18.2 Å². The number of aryl methyl sites for hydroxylation is 2. The summed E-state index contributed by atoms with van der Waals surface area (Å²) in [7, 11) is 1.78. The van der Waals surface area contributed by atoms with Crippen LogP contribution in [0.5, 0.6) is 0 Å². The molecular weight excluding hydrogens is 236 g/mol. The smallest absolute Gasteiger partial charge is 0.0503 e. The van der Waals surface area contributed by atoms with Gasteiger partial charge in [0.15, 0.2) is 0 Å². The minimum atomic E-state index is 0.112. The Morgan fingerprint density at radius 3 is 2.84 bits per heavy atom. The van der Waals surface area contributed by atoms with E-state index in [4.69, 9.17) is 10.5 Å². The zero-order chi connectivity index (χ0) is 13.8. The van der Waals surface area contributed by atoms with Gasteiger partial charge in [-0.15, -0.1) is 0 Å². The van der Waals surface area contributed by atoms with E-state index in [-0.39, 0.29) is 6.04 Å². The lowest BCUT2D eigenvalue weighted by molar-refractivity contribution is 0.152. The summed E-state index contributed by atoms with van der Waals surface area (Å²) in [6.07, 6.45) is 1.23. The molecule has 2 atom stereocenters. The molecule has 0 bridgehead atoms. The maximum absolute atomic E-state index is 6.34. The number of nitrogens with two attached hydrogens (primary N) is 1. The molecule has 3 heteroatoms. The van der Waals surface area contributed by atoms with Crippen molar-refractivity contribution in [2.24, 2.45) is 11.7 Å². The molecule has 1 fully saturated rings. The largest absolute Gasteiger partial charge is 0.384 e. The first kappa shape index (κ1) is 14.5. The first-order valence-corrected chi connectivity index (χ1v) is 7.14. The maximum Gasteiger partial charge on any atom is 0.0503 e. The van der Waals surface area contributed by atoms with Crippen molar-refractivity contribution in [2.75, 3.05) is 33.4 Å². The maximum atomic E-state index is 6.34. The number of likely N-dealkylation sites (tertiary alicyclic amines) is 1. The molecule has 0 saturated carbocycles. The van der Waals surface area contributed by atoms with Gasteiger partial charge in [0.1, 0.15) is 0 Å². The molecule has 3 nitrogen and oxygen atoms in total. The van der Waals surface area contributed by atoms with Crippen LogP contribution in [0, 0.1) is 19.8 Å². The van der Waals surface area contributed by atoms with Crippen molar-refractivity contribution in [3.63, 3.8) is 0 Å². The predicted molar refractivity (Wildman–Crippen MR) is 79.3 cm³/mol. The number of hydrogen-bond donors (Lipinski definition) is 1. The lowest BCUT2D eigenvalue weighted by atomic mass is 10.0. The fourth-order valence-corrected chi connectivity index (χ4v) is 2.83. The van der Waals surface area contributed by atoms with Crippen LogP contribution in [0.1, 0.15) is 29.2 Å². The third-order valence-electron chi connectivity index (χ3n) is 4.19.